The molecule has 1 rings (SSSR count). The second-order valence-corrected chi connectivity index (χ2v) is 3.07. The molecule has 0 aliphatic rings. The molecule has 2 nitrogen and oxygen atoms in total. The molecule has 1 aromatic rings. The Kier molecular flexibility index (Phi) is 3.07. The first-order chi connectivity index (χ1) is 7.11. The summed E-state index contributed by atoms with van der Waals surface area (Å²) in [6.07, 6.45) is -6.88. The largest absolute Gasteiger partial charge is 0.497 e. The van der Waals surface area contributed by atoms with Crippen molar-refractivity contribution < 1.29 is 26.1 Å². The van der Waals surface area contributed by atoms with E-state index in [2.05, 4.69) is 0 Å². The van der Waals surface area contributed by atoms with Crippen molar-refractivity contribution in [2.45, 2.75) is 12.6 Å². The molecule has 0 spiro atoms. The first-order valence-electron chi connectivity index (χ1n) is 4.09. The van der Waals surface area contributed by atoms with Gasteiger partial charge in [0.2, 0.25) is 5.56 Å². The van der Waals surface area contributed by atoms with E-state index in [1.807, 2.05) is 0 Å². The molecule has 1 heterocycles. The molecule has 0 radical (unpaired) electrons. The zero-order chi connectivity index (χ0) is 12.6. The van der Waals surface area contributed by atoms with Crippen LogP contribution in [0.5, 0.6) is 0 Å². The molecule has 0 N–H and O–H groups in total. The molecular weight excluding hydrogens is 239 g/mol. The minimum Gasteiger partial charge on any atom is -0.448 e. The van der Waals surface area contributed by atoms with E-state index in [-0.39, 0.29) is 4.57 Å². The summed E-state index contributed by atoms with van der Waals surface area (Å²) in [7, 11) is 0. The number of pyridine rings is 1. The maximum absolute atomic E-state index is 12.3. The maximum atomic E-state index is 12.3. The van der Waals surface area contributed by atoms with Crippen LogP contribution in [-0.4, -0.2) is 11.5 Å². The number of alkyl halides is 3. The fourth-order valence-corrected chi connectivity index (χ4v) is 1.16. The van der Waals surface area contributed by atoms with Gasteiger partial charge in [-0.3, -0.25) is 4.79 Å². The fourth-order valence-electron chi connectivity index (χ4n) is 1.16. The molecule has 1 aromatic heterocycles. The van der Waals surface area contributed by atoms with E-state index in [4.69, 9.17) is 0 Å². The minimum atomic E-state index is -5.51. The summed E-state index contributed by atoms with van der Waals surface area (Å²) in [5.41, 5.74) is -2.92. The maximum Gasteiger partial charge on any atom is 0.497 e. The van der Waals surface area contributed by atoms with Gasteiger partial charge in [-0.25, -0.2) is 0 Å². The number of nitrogens with zero attached hydrogens (tertiary/aromatic N) is 1. The molecule has 90 valence electrons. The van der Waals surface area contributed by atoms with E-state index < -0.39 is 30.9 Å². The van der Waals surface area contributed by atoms with Crippen molar-refractivity contribution in [2.75, 3.05) is 0 Å². The van der Waals surface area contributed by atoms with E-state index in [1.54, 1.807) is 0 Å². The van der Waals surface area contributed by atoms with Crippen LogP contribution in [0.1, 0.15) is 5.69 Å². The van der Waals surface area contributed by atoms with Gasteiger partial charge in [0.05, 0.1) is 0 Å². The fraction of sp³-hybridized carbons (Fsp3) is 0.286. The SMILES string of the molecule is O=c1cccc(C(F)(F)F)n1C[B-](F)(F)F. The lowest BCUT2D eigenvalue weighted by atomic mass is 9.92. The molecule has 0 atom stereocenters. The highest BCUT2D eigenvalue weighted by molar-refractivity contribution is 6.57. The van der Waals surface area contributed by atoms with Gasteiger partial charge >= 0.3 is 13.2 Å². The molecule has 0 saturated carbocycles. The third kappa shape index (κ3) is 3.04. The summed E-state index contributed by atoms with van der Waals surface area (Å²) in [6.45, 7) is -5.51. The lowest BCUT2D eigenvalue weighted by Crippen LogP contribution is -2.35. The molecule has 9 heteroatoms. The van der Waals surface area contributed by atoms with Gasteiger partial charge in [0, 0.05) is 6.07 Å². The predicted octanol–water partition coefficient (Wildman–Crippen LogP) is 2.25. The molecule has 0 unspecified atom stereocenters. The van der Waals surface area contributed by atoms with E-state index in [9.17, 15) is 30.9 Å². The van der Waals surface area contributed by atoms with Crippen LogP contribution in [0.25, 0.3) is 0 Å². The van der Waals surface area contributed by atoms with Crippen LogP contribution in [0, 0.1) is 0 Å². The van der Waals surface area contributed by atoms with Crippen LogP contribution in [-0.2, 0) is 12.6 Å². The summed E-state index contributed by atoms with van der Waals surface area (Å²) in [5, 5.41) is 0. The van der Waals surface area contributed by atoms with Crippen LogP contribution < -0.4 is 5.56 Å². The monoisotopic (exact) mass is 244 g/mol. The number of aromatic nitrogens is 1. The van der Waals surface area contributed by atoms with Gasteiger partial charge in [-0.2, -0.15) is 13.2 Å². The summed E-state index contributed by atoms with van der Waals surface area (Å²) < 4.78 is 72.6. The smallest absolute Gasteiger partial charge is 0.448 e. The highest BCUT2D eigenvalue weighted by Gasteiger charge is 2.36. The van der Waals surface area contributed by atoms with Gasteiger partial charge in [0.25, 0.3) is 0 Å². The zero-order valence-corrected chi connectivity index (χ0v) is 7.64. The van der Waals surface area contributed by atoms with Crippen LogP contribution in [0.15, 0.2) is 23.0 Å². The molecular formula is C7H5BF6NO-. The predicted molar refractivity (Wildman–Crippen MR) is 44.8 cm³/mol. The van der Waals surface area contributed by atoms with Gasteiger partial charge in [-0.05, 0) is 12.5 Å². The van der Waals surface area contributed by atoms with Gasteiger partial charge in [0.1, 0.15) is 5.69 Å². The van der Waals surface area contributed by atoms with Crippen molar-refractivity contribution in [1.29, 1.82) is 0 Å². The highest BCUT2D eigenvalue weighted by Crippen LogP contribution is 2.28. The summed E-state index contributed by atoms with van der Waals surface area (Å²) in [4.78, 5) is 10.9. The average molecular weight is 244 g/mol. The van der Waals surface area contributed by atoms with E-state index in [0.29, 0.717) is 12.1 Å². The van der Waals surface area contributed by atoms with Crippen molar-refractivity contribution in [2.24, 2.45) is 0 Å². The number of hydrogen-bond acceptors (Lipinski definition) is 1. The van der Waals surface area contributed by atoms with Crippen molar-refractivity contribution >= 4 is 6.98 Å². The van der Waals surface area contributed by atoms with Gasteiger partial charge in [-0.15, -0.1) is 0 Å². The second-order valence-electron chi connectivity index (χ2n) is 3.07. The molecule has 0 fully saturated rings. The van der Waals surface area contributed by atoms with Crippen molar-refractivity contribution in [3.05, 3.63) is 34.2 Å². The Morgan fingerprint density at radius 3 is 2.19 bits per heavy atom. The standard InChI is InChI=1S/C7H5BF6NO/c9-7(10,11)5-2-1-3-6(16)15(5)4-8(12,13)14/h1-3H,4H2/q-1. The third-order valence-electron chi connectivity index (χ3n) is 1.73. The summed E-state index contributed by atoms with van der Waals surface area (Å²) in [6, 6.07) is 1.85. The Labute approximate surface area is 85.6 Å². The Bertz CT molecular complexity index is 434. The normalized spacial score (nSPS) is 12.9. The number of hydrogen-bond donors (Lipinski definition) is 0. The molecule has 0 aliphatic heterocycles. The molecule has 0 amide bonds. The van der Waals surface area contributed by atoms with Crippen LogP contribution in [0.2, 0.25) is 0 Å². The van der Waals surface area contributed by atoms with Crippen LogP contribution in [0.3, 0.4) is 0 Å². The van der Waals surface area contributed by atoms with Gasteiger partial charge in [0.15, 0.2) is 0 Å². The topological polar surface area (TPSA) is 22.0 Å². The quantitative estimate of drug-likeness (QED) is 0.577. The first kappa shape index (κ1) is 12.7. The Morgan fingerprint density at radius 1 is 1.19 bits per heavy atom. The molecule has 0 bridgehead atoms. The Balaban J connectivity index is 3.31. The van der Waals surface area contributed by atoms with Crippen LogP contribution in [0.4, 0.5) is 26.1 Å². The summed E-state index contributed by atoms with van der Waals surface area (Å²) in [5.74, 6) is 0. The molecule has 0 saturated heterocycles. The second kappa shape index (κ2) is 3.87. The van der Waals surface area contributed by atoms with Crippen LogP contribution >= 0.6 is 0 Å². The van der Waals surface area contributed by atoms with Crippen molar-refractivity contribution in [3.8, 4) is 0 Å². The van der Waals surface area contributed by atoms with E-state index in [1.165, 1.54) is 0 Å². The summed E-state index contributed by atoms with van der Waals surface area (Å²) >= 11 is 0. The Hall–Kier alpha value is -1.41. The molecule has 16 heavy (non-hydrogen) atoms. The number of halogens is 6. The van der Waals surface area contributed by atoms with Crippen molar-refractivity contribution in [1.82, 2.24) is 4.57 Å². The third-order valence-corrected chi connectivity index (χ3v) is 1.73. The Morgan fingerprint density at radius 2 is 1.75 bits per heavy atom. The number of rotatable bonds is 2. The average Bonchev–Trinajstić information content (AvgIpc) is 2.04. The zero-order valence-electron chi connectivity index (χ0n) is 7.64. The lowest BCUT2D eigenvalue weighted by Gasteiger charge is -2.20. The highest BCUT2D eigenvalue weighted by atomic mass is 19.4. The van der Waals surface area contributed by atoms with E-state index in [0.717, 1.165) is 6.07 Å². The van der Waals surface area contributed by atoms with Crippen molar-refractivity contribution in [3.63, 3.8) is 0 Å². The molecule has 0 aliphatic carbocycles. The first-order valence-corrected chi connectivity index (χ1v) is 4.09. The minimum absolute atomic E-state index is 0.319. The lowest BCUT2D eigenvalue weighted by molar-refractivity contribution is -0.144. The molecule has 0 aromatic carbocycles. The van der Waals surface area contributed by atoms with E-state index >= 15 is 0 Å². The van der Waals surface area contributed by atoms with Gasteiger partial charge < -0.3 is 17.5 Å². The van der Waals surface area contributed by atoms with Gasteiger partial charge in [-0.1, -0.05) is 6.07 Å².